The summed E-state index contributed by atoms with van der Waals surface area (Å²) in [5.41, 5.74) is 1.27. The Balaban J connectivity index is 1.66. The van der Waals surface area contributed by atoms with Crippen molar-refractivity contribution in [1.82, 2.24) is 10.3 Å². The van der Waals surface area contributed by atoms with Crippen LogP contribution in [0.4, 0.5) is 4.39 Å². The Hall–Kier alpha value is -1.88. The molecule has 0 bridgehead atoms. The van der Waals surface area contributed by atoms with Crippen LogP contribution in [0.25, 0.3) is 10.9 Å². The lowest BCUT2D eigenvalue weighted by atomic mass is 10.2. The summed E-state index contributed by atoms with van der Waals surface area (Å²) >= 11 is 0. The number of quaternary nitrogens is 1. The number of aromatic nitrogens is 1. The van der Waals surface area contributed by atoms with E-state index < -0.39 is 0 Å². The minimum atomic E-state index is -0.290. The van der Waals surface area contributed by atoms with Crippen molar-refractivity contribution >= 4 is 16.8 Å². The zero-order valence-corrected chi connectivity index (χ0v) is 12.2. The molecule has 0 radical (unpaired) electrons. The summed E-state index contributed by atoms with van der Waals surface area (Å²) in [4.78, 5) is 16.8. The zero-order chi connectivity index (χ0) is 14.8. The van der Waals surface area contributed by atoms with Crippen molar-refractivity contribution in [3.05, 3.63) is 35.8 Å². The number of halogens is 1. The number of benzene rings is 1. The molecule has 1 unspecified atom stereocenters. The molecule has 1 aromatic heterocycles. The van der Waals surface area contributed by atoms with Gasteiger partial charge in [-0.25, -0.2) is 4.39 Å². The van der Waals surface area contributed by atoms with Crippen LogP contribution < -0.4 is 10.2 Å². The molecule has 2 heterocycles. The Labute approximate surface area is 123 Å². The van der Waals surface area contributed by atoms with Crippen molar-refractivity contribution in [1.29, 1.82) is 0 Å². The monoisotopic (exact) mass is 290 g/mol. The molecule has 0 saturated carbocycles. The summed E-state index contributed by atoms with van der Waals surface area (Å²) in [7, 11) is 0. The van der Waals surface area contributed by atoms with E-state index in [0.717, 1.165) is 17.4 Å². The van der Waals surface area contributed by atoms with Crippen LogP contribution >= 0.6 is 0 Å². The Morgan fingerprint density at radius 1 is 1.48 bits per heavy atom. The third-order valence-corrected chi connectivity index (χ3v) is 4.42. The van der Waals surface area contributed by atoms with Gasteiger partial charge in [-0.05, 0) is 31.2 Å². The lowest BCUT2D eigenvalue weighted by molar-refractivity contribution is -0.909. The maximum Gasteiger partial charge on any atom is 0.267 e. The van der Waals surface area contributed by atoms with E-state index in [2.05, 4.69) is 17.2 Å². The van der Waals surface area contributed by atoms with Gasteiger partial charge in [-0.1, -0.05) is 0 Å². The van der Waals surface area contributed by atoms with Gasteiger partial charge < -0.3 is 15.2 Å². The van der Waals surface area contributed by atoms with E-state index in [-0.39, 0.29) is 11.7 Å². The van der Waals surface area contributed by atoms with Crippen LogP contribution in [0.1, 0.15) is 30.3 Å². The van der Waals surface area contributed by atoms with Gasteiger partial charge in [0.15, 0.2) is 0 Å². The van der Waals surface area contributed by atoms with Crippen LogP contribution in [0.2, 0.25) is 0 Å². The number of amides is 1. The molecule has 2 atom stereocenters. The van der Waals surface area contributed by atoms with E-state index in [1.54, 1.807) is 17.0 Å². The zero-order valence-electron chi connectivity index (χ0n) is 12.2. The molecule has 4 nitrogen and oxygen atoms in total. The molecule has 0 spiro atoms. The Morgan fingerprint density at radius 2 is 2.33 bits per heavy atom. The third-order valence-electron chi connectivity index (χ3n) is 4.42. The summed E-state index contributed by atoms with van der Waals surface area (Å²) in [6.45, 7) is 5.18. The summed E-state index contributed by atoms with van der Waals surface area (Å²) in [5.74, 6) is -0.407. The van der Waals surface area contributed by atoms with Crippen molar-refractivity contribution in [3.8, 4) is 0 Å². The van der Waals surface area contributed by atoms with Crippen LogP contribution in [-0.4, -0.2) is 36.6 Å². The fourth-order valence-electron chi connectivity index (χ4n) is 3.23. The number of aromatic amines is 1. The summed E-state index contributed by atoms with van der Waals surface area (Å²) in [6.07, 6.45) is 2.40. The summed E-state index contributed by atoms with van der Waals surface area (Å²) < 4.78 is 13.2. The summed E-state index contributed by atoms with van der Waals surface area (Å²) in [6, 6.07) is 6.69. The average Bonchev–Trinajstić information content (AvgIpc) is 3.10. The van der Waals surface area contributed by atoms with Gasteiger partial charge in [-0.15, -0.1) is 0 Å². The van der Waals surface area contributed by atoms with E-state index in [1.165, 1.54) is 31.5 Å². The number of carbonyl (C=O) groups is 1. The van der Waals surface area contributed by atoms with Gasteiger partial charge >= 0.3 is 0 Å². The fourth-order valence-corrected chi connectivity index (χ4v) is 3.23. The molecule has 0 aliphatic carbocycles. The highest BCUT2D eigenvalue weighted by molar-refractivity contribution is 5.97. The van der Waals surface area contributed by atoms with E-state index in [4.69, 9.17) is 0 Å². The molecule has 5 heteroatoms. The molecule has 3 N–H and O–H groups in total. The minimum Gasteiger partial charge on any atom is -0.351 e. The Bertz CT molecular complexity index is 652. The first kappa shape index (κ1) is 14.1. The van der Waals surface area contributed by atoms with Crippen LogP contribution in [0.5, 0.6) is 0 Å². The molecule has 2 aromatic rings. The number of likely N-dealkylation sites (N-methyl/N-ethyl adjacent to an activating group) is 1. The predicted molar refractivity (Wildman–Crippen MR) is 80.0 cm³/mol. The first-order valence-corrected chi connectivity index (χ1v) is 7.58. The number of hydrogen-bond acceptors (Lipinski definition) is 1. The highest BCUT2D eigenvalue weighted by Gasteiger charge is 2.27. The second-order valence-corrected chi connectivity index (χ2v) is 5.73. The van der Waals surface area contributed by atoms with Crippen LogP contribution in [0.15, 0.2) is 24.3 Å². The van der Waals surface area contributed by atoms with Gasteiger partial charge in [0.1, 0.15) is 17.6 Å². The Kier molecular flexibility index (Phi) is 3.92. The normalized spacial score (nSPS) is 21.8. The lowest BCUT2D eigenvalue weighted by Gasteiger charge is -2.19. The van der Waals surface area contributed by atoms with E-state index in [0.29, 0.717) is 18.3 Å². The van der Waals surface area contributed by atoms with Crippen molar-refractivity contribution in [2.75, 3.05) is 19.6 Å². The van der Waals surface area contributed by atoms with Gasteiger partial charge in [-0.3, -0.25) is 4.79 Å². The van der Waals surface area contributed by atoms with Gasteiger partial charge in [-0.2, -0.15) is 0 Å². The van der Waals surface area contributed by atoms with Gasteiger partial charge in [0.05, 0.1) is 19.6 Å². The molecule has 21 heavy (non-hydrogen) atoms. The van der Waals surface area contributed by atoms with E-state index >= 15 is 0 Å². The first-order valence-electron chi connectivity index (χ1n) is 7.58. The number of H-pyrrole nitrogens is 1. The predicted octanol–water partition coefficient (Wildman–Crippen LogP) is 1.10. The second-order valence-electron chi connectivity index (χ2n) is 5.73. The SMILES string of the molecule is CC[NH+]1CCC[C@H]1CNC(=O)c1cc2cc(F)ccc2[nH]1. The van der Waals surface area contributed by atoms with Crippen molar-refractivity contribution in [3.63, 3.8) is 0 Å². The molecular formula is C16H21FN3O+. The molecule has 1 aliphatic heterocycles. The number of carbonyl (C=O) groups excluding carboxylic acids is 1. The van der Waals surface area contributed by atoms with Crippen molar-refractivity contribution < 1.29 is 14.1 Å². The van der Waals surface area contributed by atoms with Crippen molar-refractivity contribution in [2.45, 2.75) is 25.8 Å². The smallest absolute Gasteiger partial charge is 0.267 e. The number of hydrogen-bond donors (Lipinski definition) is 3. The largest absolute Gasteiger partial charge is 0.351 e. The minimum absolute atomic E-state index is 0.117. The number of rotatable bonds is 4. The molecule has 1 saturated heterocycles. The van der Waals surface area contributed by atoms with Gasteiger partial charge in [0, 0.05) is 23.7 Å². The molecule has 1 aliphatic rings. The standard InChI is InChI=1S/C16H20FN3O/c1-2-20-7-3-4-13(20)10-18-16(21)15-9-11-8-12(17)5-6-14(11)19-15/h5-6,8-9,13,19H,2-4,7,10H2,1H3,(H,18,21)/p+1/t13-/m0/s1. The third kappa shape index (κ3) is 2.93. The lowest BCUT2D eigenvalue weighted by Crippen LogP contribution is -3.14. The Morgan fingerprint density at radius 3 is 3.14 bits per heavy atom. The quantitative estimate of drug-likeness (QED) is 0.776. The number of likely N-dealkylation sites (tertiary alicyclic amines) is 1. The van der Waals surface area contributed by atoms with E-state index in [9.17, 15) is 9.18 Å². The van der Waals surface area contributed by atoms with Crippen LogP contribution in [0.3, 0.4) is 0 Å². The van der Waals surface area contributed by atoms with E-state index in [1.807, 2.05) is 0 Å². The fraction of sp³-hybridized carbons (Fsp3) is 0.438. The number of fused-ring (bicyclic) bond motifs is 1. The average molecular weight is 290 g/mol. The molecule has 1 amide bonds. The van der Waals surface area contributed by atoms with Gasteiger partial charge in [0.2, 0.25) is 0 Å². The second kappa shape index (κ2) is 5.85. The van der Waals surface area contributed by atoms with Crippen LogP contribution in [-0.2, 0) is 0 Å². The van der Waals surface area contributed by atoms with Crippen molar-refractivity contribution in [2.24, 2.45) is 0 Å². The van der Waals surface area contributed by atoms with Gasteiger partial charge in [0.25, 0.3) is 5.91 Å². The highest BCUT2D eigenvalue weighted by atomic mass is 19.1. The van der Waals surface area contributed by atoms with Crippen LogP contribution in [0, 0.1) is 5.82 Å². The topological polar surface area (TPSA) is 49.3 Å². The molecule has 3 rings (SSSR count). The molecular weight excluding hydrogens is 269 g/mol. The number of nitrogens with one attached hydrogen (secondary N) is 3. The molecule has 1 aromatic carbocycles. The summed E-state index contributed by atoms with van der Waals surface area (Å²) in [5, 5.41) is 3.72. The highest BCUT2D eigenvalue weighted by Crippen LogP contribution is 2.16. The maximum atomic E-state index is 13.2. The molecule has 112 valence electrons. The maximum absolute atomic E-state index is 13.2. The first-order chi connectivity index (χ1) is 10.2. The molecule has 1 fully saturated rings.